The van der Waals surface area contributed by atoms with Crippen LogP contribution in [0.3, 0.4) is 0 Å². The highest BCUT2D eigenvalue weighted by Crippen LogP contribution is 2.14. The molecule has 1 aliphatic carbocycles. The number of hydrogen-bond acceptors (Lipinski definition) is 0. The van der Waals surface area contributed by atoms with Crippen LogP contribution in [0.1, 0.15) is 0 Å². The summed E-state index contributed by atoms with van der Waals surface area (Å²) in [6.45, 7) is 0. The van der Waals surface area contributed by atoms with E-state index in [2.05, 4.69) is 23.2 Å². The second kappa shape index (κ2) is 1.19. The van der Waals surface area contributed by atoms with Crippen LogP contribution < -0.4 is 4.99 Å². The van der Waals surface area contributed by atoms with E-state index in [1.807, 2.05) is 12.4 Å². The van der Waals surface area contributed by atoms with E-state index in [-0.39, 0.29) is 0 Å². The highest BCUT2D eigenvalue weighted by Gasteiger charge is 2.11. The molecule has 0 aromatic carbocycles. The molecule has 1 heterocycles. The van der Waals surface area contributed by atoms with Crippen LogP contribution >= 0.6 is 0 Å². The van der Waals surface area contributed by atoms with Crippen molar-refractivity contribution in [3.8, 4) is 0 Å². The summed E-state index contributed by atoms with van der Waals surface area (Å²) in [5.74, 6) is 0. The van der Waals surface area contributed by atoms with Crippen LogP contribution in [0.4, 0.5) is 0 Å². The van der Waals surface area contributed by atoms with E-state index in [0.29, 0.717) is 0 Å². The van der Waals surface area contributed by atoms with Crippen molar-refractivity contribution in [3.05, 3.63) is 35.6 Å². The molecule has 0 amide bonds. The Bertz CT molecular complexity index is 203. The summed E-state index contributed by atoms with van der Waals surface area (Å²) in [6, 6.07) is 0. The van der Waals surface area contributed by atoms with Crippen LogP contribution in [0.5, 0.6) is 0 Å². The molecular weight excluding hydrogens is 98.1 g/mol. The van der Waals surface area contributed by atoms with Gasteiger partial charge in [0.05, 0.1) is 11.1 Å². The minimum atomic E-state index is 1.30. The first-order valence-electron chi connectivity index (χ1n) is 2.65. The predicted molar refractivity (Wildman–Crippen MR) is 32.3 cm³/mol. The highest BCUT2D eigenvalue weighted by molar-refractivity contribution is 5.86. The van der Waals surface area contributed by atoms with Crippen molar-refractivity contribution in [2.45, 2.75) is 0 Å². The maximum Gasteiger partial charge on any atom is 0.175 e. The summed E-state index contributed by atoms with van der Waals surface area (Å²) >= 11 is 0. The molecule has 2 rings (SSSR count). The normalized spacial score (nSPS) is 21.0. The van der Waals surface area contributed by atoms with E-state index in [4.69, 9.17) is 0 Å². The summed E-state index contributed by atoms with van der Waals surface area (Å²) < 4.78 is 0. The number of rotatable bonds is 0. The summed E-state index contributed by atoms with van der Waals surface area (Å²) in [4.78, 5) is 3.02. The molecule has 0 aromatic heterocycles. The topological polar surface area (TPSA) is 14.0 Å². The Labute approximate surface area is 47.7 Å². The van der Waals surface area contributed by atoms with E-state index in [1.165, 1.54) is 11.1 Å². The summed E-state index contributed by atoms with van der Waals surface area (Å²) in [7, 11) is 0. The zero-order valence-corrected chi connectivity index (χ0v) is 4.39. The van der Waals surface area contributed by atoms with Gasteiger partial charge in [0, 0.05) is 0 Å². The average molecular weight is 104 g/mol. The fraction of sp³-hybridized carbons (Fsp3) is 0. The van der Waals surface area contributed by atoms with Crippen molar-refractivity contribution in [1.29, 1.82) is 0 Å². The molecule has 1 N–H and O–H groups in total. The van der Waals surface area contributed by atoms with Gasteiger partial charge in [-0.3, -0.25) is 0 Å². The van der Waals surface area contributed by atoms with Gasteiger partial charge in [0.25, 0.3) is 0 Å². The smallest absolute Gasteiger partial charge is 0.175 e. The number of allylic oxidation sites excluding steroid dienone is 5. The Morgan fingerprint density at radius 3 is 3.12 bits per heavy atom. The van der Waals surface area contributed by atoms with E-state index >= 15 is 0 Å². The largest absolute Gasteiger partial charge is 0.217 e. The van der Waals surface area contributed by atoms with Crippen LogP contribution in [-0.2, 0) is 0 Å². The number of fused-ring (bicyclic) bond motifs is 1. The van der Waals surface area contributed by atoms with Crippen molar-refractivity contribution in [2.75, 3.05) is 0 Å². The molecule has 38 valence electrons. The molecule has 0 fully saturated rings. The van der Waals surface area contributed by atoms with Crippen molar-refractivity contribution < 1.29 is 4.99 Å². The molecule has 0 aromatic rings. The lowest BCUT2D eigenvalue weighted by molar-refractivity contribution is -0.362. The minimum Gasteiger partial charge on any atom is -0.217 e. The van der Waals surface area contributed by atoms with E-state index in [1.54, 1.807) is 0 Å². The fourth-order valence-corrected chi connectivity index (χ4v) is 0.932. The van der Waals surface area contributed by atoms with Gasteiger partial charge in [-0.25, -0.2) is 4.99 Å². The Hall–Kier alpha value is -1.11. The number of hydrogen-bond donors (Lipinski definition) is 1. The lowest BCUT2D eigenvalue weighted by atomic mass is 10.2. The van der Waals surface area contributed by atoms with Gasteiger partial charge in [0.1, 0.15) is 0 Å². The lowest BCUT2D eigenvalue weighted by Gasteiger charge is -1.77. The first-order valence-corrected chi connectivity index (χ1v) is 2.65. The maximum atomic E-state index is 3.02. The van der Waals surface area contributed by atoms with E-state index < -0.39 is 0 Å². The summed E-state index contributed by atoms with van der Waals surface area (Å²) in [5.41, 5.74) is 2.59. The Balaban J connectivity index is 2.59. The Kier molecular flexibility index (Phi) is 0.570. The number of nitrogens with one attached hydrogen (secondary N) is 1. The lowest BCUT2D eigenvalue weighted by Crippen LogP contribution is -2.58. The third kappa shape index (κ3) is 0.334. The van der Waals surface area contributed by atoms with Crippen LogP contribution in [0.25, 0.3) is 0 Å². The Morgan fingerprint density at radius 2 is 2.25 bits per heavy atom. The molecule has 1 heteroatoms. The van der Waals surface area contributed by atoms with Gasteiger partial charge in [-0.05, 0) is 12.2 Å². The molecule has 0 saturated heterocycles. The first kappa shape index (κ1) is 3.84. The SMILES string of the molecule is C1=CC2=C[NH+]=CC2=C1. The van der Waals surface area contributed by atoms with Gasteiger partial charge in [-0.1, -0.05) is 6.08 Å². The molecule has 0 bridgehead atoms. The minimum absolute atomic E-state index is 1.30. The van der Waals surface area contributed by atoms with E-state index in [9.17, 15) is 0 Å². The average Bonchev–Trinajstić information content (AvgIpc) is 2.15. The predicted octanol–water partition coefficient (Wildman–Crippen LogP) is -0.469. The molecule has 0 radical (unpaired) electrons. The van der Waals surface area contributed by atoms with Crippen molar-refractivity contribution in [1.82, 2.24) is 0 Å². The van der Waals surface area contributed by atoms with Crippen molar-refractivity contribution >= 4 is 6.21 Å². The first-order chi connectivity index (χ1) is 3.97. The monoisotopic (exact) mass is 104 g/mol. The third-order valence-electron chi connectivity index (χ3n) is 1.36. The molecule has 8 heavy (non-hydrogen) atoms. The second-order valence-electron chi connectivity index (χ2n) is 1.89. The van der Waals surface area contributed by atoms with Crippen LogP contribution in [0.15, 0.2) is 35.6 Å². The summed E-state index contributed by atoms with van der Waals surface area (Å²) in [5, 5.41) is 0. The van der Waals surface area contributed by atoms with Gasteiger partial charge in [-0.2, -0.15) is 0 Å². The third-order valence-corrected chi connectivity index (χ3v) is 1.36. The van der Waals surface area contributed by atoms with Crippen LogP contribution in [0.2, 0.25) is 0 Å². The van der Waals surface area contributed by atoms with Crippen LogP contribution in [-0.4, -0.2) is 6.21 Å². The zero-order valence-electron chi connectivity index (χ0n) is 4.39. The quantitative estimate of drug-likeness (QED) is 0.427. The van der Waals surface area contributed by atoms with Crippen molar-refractivity contribution in [2.24, 2.45) is 0 Å². The molecular formula is C7H6N+. The molecule has 2 aliphatic rings. The van der Waals surface area contributed by atoms with Crippen molar-refractivity contribution in [3.63, 3.8) is 0 Å². The second-order valence-corrected chi connectivity index (χ2v) is 1.89. The summed E-state index contributed by atoms with van der Waals surface area (Å²) in [6.07, 6.45) is 10.2. The van der Waals surface area contributed by atoms with Gasteiger partial charge in [0.2, 0.25) is 0 Å². The Morgan fingerprint density at radius 1 is 1.25 bits per heavy atom. The highest BCUT2D eigenvalue weighted by atomic mass is 14.7. The molecule has 0 saturated carbocycles. The van der Waals surface area contributed by atoms with Gasteiger partial charge >= 0.3 is 0 Å². The molecule has 1 aliphatic heterocycles. The van der Waals surface area contributed by atoms with Gasteiger partial charge in [0.15, 0.2) is 12.4 Å². The van der Waals surface area contributed by atoms with Gasteiger partial charge in [-0.15, -0.1) is 0 Å². The molecule has 0 unspecified atom stereocenters. The van der Waals surface area contributed by atoms with Crippen LogP contribution in [0, 0.1) is 0 Å². The molecule has 0 spiro atoms. The standard InChI is InChI=1S/C7H5N/c1-2-6-4-8-5-7(6)3-1/h1-5H/p+1. The zero-order chi connectivity index (χ0) is 5.40. The van der Waals surface area contributed by atoms with Gasteiger partial charge < -0.3 is 0 Å². The molecule has 0 atom stereocenters. The molecule has 1 nitrogen and oxygen atoms in total. The van der Waals surface area contributed by atoms with E-state index in [0.717, 1.165) is 0 Å². The fourth-order valence-electron chi connectivity index (χ4n) is 0.932. The maximum absolute atomic E-state index is 3.02.